The molecule has 6 heteroatoms. The van der Waals surface area contributed by atoms with E-state index >= 15 is 0 Å². The van der Waals surface area contributed by atoms with Crippen molar-refractivity contribution in [3.63, 3.8) is 0 Å². The van der Waals surface area contributed by atoms with Gasteiger partial charge in [0.15, 0.2) is 6.10 Å². The van der Waals surface area contributed by atoms with E-state index in [0.717, 1.165) is 75.5 Å². The summed E-state index contributed by atoms with van der Waals surface area (Å²) in [5, 5.41) is 0. The van der Waals surface area contributed by atoms with E-state index in [-0.39, 0.29) is 31.1 Å². The molecule has 0 spiro atoms. The first-order valence-electron chi connectivity index (χ1n) is 30.7. The van der Waals surface area contributed by atoms with E-state index in [1.807, 2.05) is 0 Å². The molecule has 2 unspecified atom stereocenters. The number of unbranched alkanes of at least 4 members (excludes halogenated alkanes) is 36. The monoisotopic (exact) mass is 961 g/mol. The third kappa shape index (κ3) is 52.2. The zero-order valence-electron chi connectivity index (χ0n) is 46.9. The number of ether oxygens (including phenoxy) is 3. The largest absolute Gasteiger partial charge is 0.462 e. The topological polar surface area (TPSA) is 78.9 Å². The molecule has 6 nitrogen and oxygen atoms in total. The fraction of sp³-hybridized carbons (Fsp3) is 0.952. The van der Waals surface area contributed by atoms with Crippen LogP contribution in [-0.4, -0.2) is 37.2 Å². The fourth-order valence-electron chi connectivity index (χ4n) is 9.47. The van der Waals surface area contributed by atoms with E-state index in [9.17, 15) is 14.4 Å². The Morgan fingerprint density at radius 3 is 0.765 bits per heavy atom. The highest BCUT2D eigenvalue weighted by atomic mass is 16.6. The standard InChI is InChI=1S/C62H120O6/c1-7-57(5)49-43-37-31-27-23-19-15-11-9-10-12-16-20-24-28-32-39-45-51-60(63)66-54-59(68-62(65)53-47-41-35-34-38-44-50-58(6)8-2)55-67-61(64)52-46-40-33-29-25-21-17-13-14-18-22-26-30-36-42-48-56(3)4/h56-59H,7-55H2,1-6H3/t57?,58?,59-/m1/s1. The first-order valence-corrected chi connectivity index (χ1v) is 30.7. The Morgan fingerprint density at radius 2 is 0.515 bits per heavy atom. The Kier molecular flexibility index (Phi) is 52.0. The average Bonchev–Trinajstić information content (AvgIpc) is 3.33. The normalized spacial score (nSPS) is 12.9. The van der Waals surface area contributed by atoms with Crippen LogP contribution < -0.4 is 0 Å². The highest BCUT2D eigenvalue weighted by Crippen LogP contribution is 2.19. The van der Waals surface area contributed by atoms with Crippen molar-refractivity contribution in [3.8, 4) is 0 Å². The minimum atomic E-state index is -0.764. The highest BCUT2D eigenvalue weighted by molar-refractivity contribution is 5.71. The summed E-state index contributed by atoms with van der Waals surface area (Å²) in [6, 6.07) is 0. The lowest BCUT2D eigenvalue weighted by Crippen LogP contribution is -2.30. The van der Waals surface area contributed by atoms with Gasteiger partial charge in [-0.05, 0) is 37.0 Å². The number of hydrogen-bond donors (Lipinski definition) is 0. The van der Waals surface area contributed by atoms with Crippen molar-refractivity contribution in [1.82, 2.24) is 0 Å². The zero-order chi connectivity index (χ0) is 49.8. The Bertz CT molecular complexity index is 1060. The predicted molar refractivity (Wildman–Crippen MR) is 293 cm³/mol. The molecule has 0 amide bonds. The first-order chi connectivity index (χ1) is 33.2. The summed E-state index contributed by atoms with van der Waals surface area (Å²) in [7, 11) is 0. The zero-order valence-corrected chi connectivity index (χ0v) is 46.9. The Hall–Kier alpha value is -1.59. The number of esters is 3. The lowest BCUT2D eigenvalue weighted by atomic mass is 9.99. The van der Waals surface area contributed by atoms with Gasteiger partial charge in [-0.3, -0.25) is 14.4 Å². The first kappa shape index (κ1) is 66.4. The van der Waals surface area contributed by atoms with Gasteiger partial charge in [-0.25, -0.2) is 0 Å². The third-order valence-electron chi connectivity index (χ3n) is 14.9. The predicted octanol–water partition coefficient (Wildman–Crippen LogP) is 20.3. The molecule has 0 bridgehead atoms. The molecule has 0 aliphatic heterocycles. The Balaban J connectivity index is 4.18. The van der Waals surface area contributed by atoms with E-state index in [2.05, 4.69) is 41.5 Å². The lowest BCUT2D eigenvalue weighted by molar-refractivity contribution is -0.167. The van der Waals surface area contributed by atoms with Gasteiger partial charge in [0.1, 0.15) is 13.2 Å². The fourth-order valence-corrected chi connectivity index (χ4v) is 9.47. The van der Waals surface area contributed by atoms with E-state index in [1.165, 1.54) is 225 Å². The maximum atomic E-state index is 12.8. The summed E-state index contributed by atoms with van der Waals surface area (Å²) >= 11 is 0. The average molecular weight is 962 g/mol. The Morgan fingerprint density at radius 1 is 0.294 bits per heavy atom. The molecular formula is C62H120O6. The molecule has 0 saturated carbocycles. The van der Waals surface area contributed by atoms with Crippen molar-refractivity contribution in [3.05, 3.63) is 0 Å². The molecule has 3 atom stereocenters. The minimum absolute atomic E-state index is 0.0641. The van der Waals surface area contributed by atoms with Crippen molar-refractivity contribution in [2.45, 2.75) is 349 Å². The maximum absolute atomic E-state index is 12.8. The van der Waals surface area contributed by atoms with Gasteiger partial charge in [-0.2, -0.15) is 0 Å². The van der Waals surface area contributed by atoms with Gasteiger partial charge in [0.25, 0.3) is 0 Å². The summed E-state index contributed by atoms with van der Waals surface area (Å²) in [6.45, 7) is 13.8. The molecule has 0 fully saturated rings. The van der Waals surface area contributed by atoms with Gasteiger partial charge < -0.3 is 14.2 Å². The molecule has 0 aromatic rings. The van der Waals surface area contributed by atoms with E-state index in [4.69, 9.17) is 14.2 Å². The summed E-state index contributed by atoms with van der Waals surface area (Å²) in [4.78, 5) is 38.2. The molecule has 0 aliphatic rings. The molecule has 0 aromatic carbocycles. The Labute approximate surface area is 425 Å². The van der Waals surface area contributed by atoms with Crippen LogP contribution in [0.5, 0.6) is 0 Å². The van der Waals surface area contributed by atoms with E-state index < -0.39 is 6.10 Å². The molecule has 0 heterocycles. The summed E-state index contributed by atoms with van der Waals surface area (Å²) in [6.07, 6.45) is 56.8. The lowest BCUT2D eigenvalue weighted by Gasteiger charge is -2.18. The van der Waals surface area contributed by atoms with Gasteiger partial charge in [0, 0.05) is 19.3 Å². The highest BCUT2D eigenvalue weighted by Gasteiger charge is 2.19. The molecule has 0 saturated heterocycles. The van der Waals surface area contributed by atoms with E-state index in [1.54, 1.807) is 0 Å². The molecule has 0 N–H and O–H groups in total. The van der Waals surface area contributed by atoms with Crippen molar-refractivity contribution in [2.75, 3.05) is 13.2 Å². The van der Waals surface area contributed by atoms with Gasteiger partial charge >= 0.3 is 17.9 Å². The SMILES string of the molecule is CCC(C)CCCCCCCCCCCCCCCCCCCCC(=O)OC[C@H](COC(=O)CCCCCCCCCCCCCCCCCC(C)C)OC(=O)CCCCCCCCC(C)CC. The molecule has 68 heavy (non-hydrogen) atoms. The van der Waals surface area contributed by atoms with Gasteiger partial charge in [-0.1, -0.05) is 305 Å². The van der Waals surface area contributed by atoms with Crippen molar-refractivity contribution in [2.24, 2.45) is 17.8 Å². The van der Waals surface area contributed by atoms with E-state index in [0.29, 0.717) is 19.3 Å². The van der Waals surface area contributed by atoms with Crippen LogP contribution in [0.15, 0.2) is 0 Å². The molecule has 0 aliphatic carbocycles. The minimum Gasteiger partial charge on any atom is -0.462 e. The van der Waals surface area contributed by atoms with Crippen molar-refractivity contribution < 1.29 is 28.6 Å². The van der Waals surface area contributed by atoms with Crippen molar-refractivity contribution in [1.29, 1.82) is 0 Å². The van der Waals surface area contributed by atoms with Crippen LogP contribution in [0.25, 0.3) is 0 Å². The second-order valence-corrected chi connectivity index (χ2v) is 22.3. The maximum Gasteiger partial charge on any atom is 0.306 e. The van der Waals surface area contributed by atoms with Gasteiger partial charge in [0.2, 0.25) is 0 Å². The van der Waals surface area contributed by atoms with Crippen LogP contribution in [0.2, 0.25) is 0 Å². The van der Waals surface area contributed by atoms with Crippen molar-refractivity contribution >= 4 is 17.9 Å². The van der Waals surface area contributed by atoms with Crippen LogP contribution in [0.1, 0.15) is 343 Å². The smallest absolute Gasteiger partial charge is 0.306 e. The van der Waals surface area contributed by atoms with Crippen LogP contribution in [-0.2, 0) is 28.6 Å². The quantitative estimate of drug-likeness (QED) is 0.0343. The molecule has 0 rings (SSSR count). The van der Waals surface area contributed by atoms with Gasteiger partial charge in [-0.15, -0.1) is 0 Å². The number of carbonyl (C=O) groups is 3. The van der Waals surface area contributed by atoms with Gasteiger partial charge in [0.05, 0.1) is 0 Å². The summed E-state index contributed by atoms with van der Waals surface area (Å²) < 4.78 is 16.9. The number of rotatable bonds is 55. The van der Waals surface area contributed by atoms with Crippen LogP contribution in [0.3, 0.4) is 0 Å². The number of hydrogen-bond acceptors (Lipinski definition) is 6. The molecule has 0 aromatic heterocycles. The second-order valence-electron chi connectivity index (χ2n) is 22.3. The van der Waals surface area contributed by atoms with Crippen LogP contribution in [0.4, 0.5) is 0 Å². The van der Waals surface area contributed by atoms with Crippen LogP contribution >= 0.6 is 0 Å². The molecular weight excluding hydrogens is 841 g/mol. The third-order valence-corrected chi connectivity index (χ3v) is 14.9. The molecule has 0 radical (unpaired) electrons. The second kappa shape index (κ2) is 53.2. The molecule has 404 valence electrons. The summed E-state index contributed by atoms with van der Waals surface area (Å²) in [5.74, 6) is 1.72. The van der Waals surface area contributed by atoms with Crippen LogP contribution in [0, 0.1) is 17.8 Å². The number of carbonyl (C=O) groups excluding carboxylic acids is 3. The summed E-state index contributed by atoms with van der Waals surface area (Å²) in [5.41, 5.74) is 0.